The Hall–Kier alpha value is -1.88. The zero-order valence-corrected chi connectivity index (χ0v) is 17.3. The summed E-state index contributed by atoms with van der Waals surface area (Å²) in [7, 11) is 1.00. The molecule has 2 aromatic carbocycles. The van der Waals surface area contributed by atoms with Crippen LogP contribution in [0.3, 0.4) is 0 Å². The van der Waals surface area contributed by atoms with Crippen LogP contribution in [0.15, 0.2) is 48.5 Å². The van der Waals surface area contributed by atoms with E-state index >= 15 is 0 Å². The molecule has 0 aliphatic heterocycles. The molecule has 0 bridgehead atoms. The second-order valence-electron chi connectivity index (χ2n) is 7.23. The number of phenols is 1. The Morgan fingerprint density at radius 1 is 0.889 bits per heavy atom. The lowest BCUT2D eigenvalue weighted by molar-refractivity contribution is 0.170. The van der Waals surface area contributed by atoms with Crippen LogP contribution in [0.1, 0.15) is 56.7 Å². The van der Waals surface area contributed by atoms with Crippen LogP contribution in [0.2, 0.25) is 0 Å². The molecule has 0 spiro atoms. The SMILES string of the molecule is CC(C)N(CC[C@H](c1ccccc1)c1cc(CO)ccc1O)C(C)C.CO. The molecule has 0 unspecified atom stereocenters. The van der Waals surface area contributed by atoms with E-state index in [1.165, 1.54) is 5.56 Å². The van der Waals surface area contributed by atoms with Crippen molar-refractivity contribution < 1.29 is 15.3 Å². The van der Waals surface area contributed by atoms with Gasteiger partial charge in [-0.3, -0.25) is 4.90 Å². The van der Waals surface area contributed by atoms with E-state index in [2.05, 4.69) is 44.7 Å². The summed E-state index contributed by atoms with van der Waals surface area (Å²) in [5, 5.41) is 26.9. The van der Waals surface area contributed by atoms with Gasteiger partial charge in [-0.05, 0) is 63.9 Å². The van der Waals surface area contributed by atoms with Crippen molar-refractivity contribution in [3.05, 3.63) is 65.2 Å². The third-order valence-corrected chi connectivity index (χ3v) is 4.85. The number of hydrogen-bond acceptors (Lipinski definition) is 4. The summed E-state index contributed by atoms with van der Waals surface area (Å²) >= 11 is 0. The van der Waals surface area contributed by atoms with Crippen molar-refractivity contribution in [1.82, 2.24) is 4.90 Å². The Kier molecular flexibility index (Phi) is 10.1. The van der Waals surface area contributed by atoms with E-state index in [4.69, 9.17) is 5.11 Å². The number of aliphatic hydroxyl groups excluding tert-OH is 2. The Balaban J connectivity index is 0.00000176. The summed E-state index contributed by atoms with van der Waals surface area (Å²) < 4.78 is 0. The number of aromatic hydroxyl groups is 1. The lowest BCUT2D eigenvalue weighted by Crippen LogP contribution is -2.38. The monoisotopic (exact) mass is 373 g/mol. The normalized spacial score (nSPS) is 12.2. The van der Waals surface area contributed by atoms with Gasteiger partial charge in [-0.2, -0.15) is 0 Å². The smallest absolute Gasteiger partial charge is 0.119 e. The molecule has 0 aliphatic rings. The van der Waals surface area contributed by atoms with Crippen molar-refractivity contribution in [2.24, 2.45) is 0 Å². The number of benzene rings is 2. The van der Waals surface area contributed by atoms with Gasteiger partial charge in [-0.25, -0.2) is 0 Å². The predicted octanol–water partition coefficient (Wildman–Crippen LogP) is 4.13. The van der Waals surface area contributed by atoms with Gasteiger partial charge >= 0.3 is 0 Å². The summed E-state index contributed by atoms with van der Waals surface area (Å²) in [4.78, 5) is 2.48. The van der Waals surface area contributed by atoms with Crippen molar-refractivity contribution >= 4 is 0 Å². The van der Waals surface area contributed by atoms with Gasteiger partial charge in [0, 0.05) is 30.7 Å². The molecule has 0 fully saturated rings. The van der Waals surface area contributed by atoms with Gasteiger partial charge in [-0.15, -0.1) is 0 Å². The van der Waals surface area contributed by atoms with E-state index in [1.807, 2.05) is 24.3 Å². The molecule has 1 atom stereocenters. The first-order chi connectivity index (χ1) is 12.9. The van der Waals surface area contributed by atoms with Crippen molar-refractivity contribution in [3.63, 3.8) is 0 Å². The maximum absolute atomic E-state index is 10.5. The third kappa shape index (κ3) is 6.65. The molecule has 0 amide bonds. The lowest BCUT2D eigenvalue weighted by Gasteiger charge is -2.32. The third-order valence-electron chi connectivity index (χ3n) is 4.85. The highest BCUT2D eigenvalue weighted by atomic mass is 16.3. The molecule has 0 radical (unpaired) electrons. The van der Waals surface area contributed by atoms with Crippen LogP contribution in [0.25, 0.3) is 0 Å². The molecule has 0 aliphatic carbocycles. The Morgan fingerprint density at radius 2 is 1.48 bits per heavy atom. The molecule has 0 heterocycles. The first kappa shape index (κ1) is 23.2. The maximum atomic E-state index is 10.5. The molecule has 4 nitrogen and oxygen atoms in total. The average Bonchev–Trinajstić information content (AvgIpc) is 2.68. The van der Waals surface area contributed by atoms with Crippen LogP contribution in [-0.2, 0) is 6.61 Å². The van der Waals surface area contributed by atoms with Crippen LogP contribution in [0.4, 0.5) is 0 Å². The minimum absolute atomic E-state index is 0.0150. The van der Waals surface area contributed by atoms with Crippen molar-refractivity contribution in [2.45, 2.75) is 58.7 Å². The fourth-order valence-corrected chi connectivity index (χ4v) is 3.56. The van der Waals surface area contributed by atoms with Gasteiger partial charge in [0.2, 0.25) is 0 Å². The fraction of sp³-hybridized carbons (Fsp3) is 0.478. The Bertz CT molecular complexity index is 648. The molecular formula is C23H35NO3. The van der Waals surface area contributed by atoms with E-state index < -0.39 is 0 Å². The van der Waals surface area contributed by atoms with Gasteiger partial charge in [-0.1, -0.05) is 36.4 Å². The quantitative estimate of drug-likeness (QED) is 0.651. The molecule has 0 saturated carbocycles. The van der Waals surface area contributed by atoms with Crippen LogP contribution in [0, 0.1) is 0 Å². The van der Waals surface area contributed by atoms with E-state index in [-0.39, 0.29) is 12.5 Å². The summed E-state index contributed by atoms with van der Waals surface area (Å²) in [6.45, 7) is 9.84. The topological polar surface area (TPSA) is 63.9 Å². The van der Waals surface area contributed by atoms with E-state index in [0.29, 0.717) is 17.8 Å². The first-order valence-corrected chi connectivity index (χ1v) is 9.62. The van der Waals surface area contributed by atoms with Crippen molar-refractivity contribution in [3.8, 4) is 5.75 Å². The van der Waals surface area contributed by atoms with Gasteiger partial charge in [0.05, 0.1) is 6.61 Å². The highest BCUT2D eigenvalue weighted by Crippen LogP contribution is 2.35. The Labute approximate surface area is 164 Å². The summed E-state index contributed by atoms with van der Waals surface area (Å²) in [6, 6.07) is 16.7. The highest BCUT2D eigenvalue weighted by molar-refractivity contribution is 5.43. The standard InChI is InChI=1S/C22H31NO2.CH4O/c1-16(2)23(17(3)4)13-12-20(19-8-6-5-7-9-19)21-14-18(15-24)10-11-22(21)25;1-2/h5-11,14,16-17,20,24-25H,12-13,15H2,1-4H3;2H,1H3/t20-;/m1./s1. The molecule has 0 aromatic heterocycles. The average molecular weight is 374 g/mol. The van der Waals surface area contributed by atoms with Gasteiger partial charge in [0.15, 0.2) is 0 Å². The largest absolute Gasteiger partial charge is 0.508 e. The van der Waals surface area contributed by atoms with Crippen LogP contribution in [0.5, 0.6) is 5.75 Å². The second kappa shape index (κ2) is 11.8. The zero-order valence-electron chi connectivity index (χ0n) is 17.3. The number of hydrogen-bond donors (Lipinski definition) is 3. The molecule has 2 rings (SSSR count). The summed E-state index contributed by atoms with van der Waals surface area (Å²) in [5.41, 5.74) is 2.92. The molecule has 3 N–H and O–H groups in total. The maximum Gasteiger partial charge on any atom is 0.119 e. The number of rotatable bonds is 8. The molecule has 4 heteroatoms. The molecule has 150 valence electrons. The number of aliphatic hydroxyl groups is 2. The van der Waals surface area contributed by atoms with Crippen molar-refractivity contribution in [1.29, 1.82) is 0 Å². The van der Waals surface area contributed by atoms with Gasteiger partial charge in [0.25, 0.3) is 0 Å². The minimum Gasteiger partial charge on any atom is -0.508 e. The highest BCUT2D eigenvalue weighted by Gasteiger charge is 2.21. The predicted molar refractivity (Wildman–Crippen MR) is 112 cm³/mol. The molecule has 2 aromatic rings. The zero-order chi connectivity index (χ0) is 20.4. The second-order valence-corrected chi connectivity index (χ2v) is 7.23. The van der Waals surface area contributed by atoms with E-state index in [1.54, 1.807) is 12.1 Å². The first-order valence-electron chi connectivity index (χ1n) is 9.62. The molecular weight excluding hydrogens is 338 g/mol. The van der Waals surface area contributed by atoms with Crippen LogP contribution in [-0.4, -0.2) is 46.0 Å². The number of phenolic OH excluding ortho intramolecular Hbond substituents is 1. The minimum atomic E-state index is -0.0150. The molecule has 27 heavy (non-hydrogen) atoms. The van der Waals surface area contributed by atoms with E-state index in [0.717, 1.165) is 31.2 Å². The summed E-state index contributed by atoms with van der Waals surface area (Å²) in [5.74, 6) is 0.402. The van der Waals surface area contributed by atoms with Crippen LogP contribution >= 0.6 is 0 Å². The Morgan fingerprint density at radius 3 is 2.00 bits per heavy atom. The fourth-order valence-electron chi connectivity index (χ4n) is 3.56. The van der Waals surface area contributed by atoms with E-state index in [9.17, 15) is 10.2 Å². The molecule has 0 saturated heterocycles. The summed E-state index contributed by atoms with van der Waals surface area (Å²) in [6.07, 6.45) is 0.919. The lowest BCUT2D eigenvalue weighted by atomic mass is 9.86. The van der Waals surface area contributed by atoms with Crippen LogP contribution < -0.4 is 0 Å². The van der Waals surface area contributed by atoms with Crippen molar-refractivity contribution in [2.75, 3.05) is 13.7 Å². The number of nitrogens with zero attached hydrogens (tertiary/aromatic N) is 1. The van der Waals surface area contributed by atoms with Gasteiger partial charge < -0.3 is 15.3 Å². The van der Waals surface area contributed by atoms with Gasteiger partial charge in [0.1, 0.15) is 5.75 Å².